The molecule has 0 aromatic carbocycles. The van der Waals surface area contributed by atoms with Crippen LogP contribution in [0.15, 0.2) is 12.2 Å². The lowest BCUT2D eigenvalue weighted by molar-refractivity contribution is -0.123. The first kappa shape index (κ1) is 11.3. The minimum atomic E-state index is -0.509. The highest BCUT2D eigenvalue weighted by atomic mass is 16.2. The molecule has 0 aliphatic carbocycles. The summed E-state index contributed by atoms with van der Waals surface area (Å²) in [4.78, 5) is 29.9. The molecule has 1 heterocycles. The molecule has 0 fully saturated rings. The molecule has 0 saturated carbocycles. The minimum absolute atomic E-state index is 0.329. The summed E-state index contributed by atoms with van der Waals surface area (Å²) in [6.45, 7) is 1.54. The SMILES string of the molecule is CC(N)C(N)=O.O=C1C=CC(=O)N1. The normalized spacial score (nSPS) is 15.8. The summed E-state index contributed by atoms with van der Waals surface area (Å²) < 4.78 is 0. The highest BCUT2D eigenvalue weighted by Gasteiger charge is 2.06. The monoisotopic (exact) mass is 185 g/mol. The molecule has 72 valence electrons. The van der Waals surface area contributed by atoms with Gasteiger partial charge in [-0.05, 0) is 6.92 Å². The first-order valence-corrected chi connectivity index (χ1v) is 3.51. The van der Waals surface area contributed by atoms with Gasteiger partial charge in [0.15, 0.2) is 0 Å². The molecule has 1 unspecified atom stereocenters. The summed E-state index contributed by atoms with van der Waals surface area (Å²) in [7, 11) is 0. The van der Waals surface area contributed by atoms with Crippen LogP contribution in [0.5, 0.6) is 0 Å². The fraction of sp³-hybridized carbons (Fsp3) is 0.286. The summed E-state index contributed by atoms with van der Waals surface area (Å²) in [5.74, 6) is -1.12. The van der Waals surface area contributed by atoms with Gasteiger partial charge in [-0.2, -0.15) is 0 Å². The van der Waals surface area contributed by atoms with Crippen molar-refractivity contribution in [2.24, 2.45) is 11.5 Å². The van der Waals surface area contributed by atoms with Crippen molar-refractivity contribution in [1.82, 2.24) is 5.32 Å². The van der Waals surface area contributed by atoms with Gasteiger partial charge in [0.05, 0.1) is 6.04 Å². The number of nitrogens with one attached hydrogen (secondary N) is 1. The van der Waals surface area contributed by atoms with E-state index in [2.05, 4.69) is 5.73 Å². The van der Waals surface area contributed by atoms with Crippen molar-refractivity contribution < 1.29 is 14.4 Å². The number of imide groups is 1. The summed E-state index contributed by atoms with van der Waals surface area (Å²) in [6.07, 6.45) is 2.39. The molecule has 1 aliphatic heterocycles. The van der Waals surface area contributed by atoms with E-state index in [1.54, 1.807) is 6.92 Å². The largest absolute Gasteiger partial charge is 0.368 e. The average molecular weight is 185 g/mol. The number of hydrogen-bond acceptors (Lipinski definition) is 4. The van der Waals surface area contributed by atoms with Crippen LogP contribution in [-0.4, -0.2) is 23.8 Å². The number of amides is 3. The Hall–Kier alpha value is -1.69. The molecule has 1 atom stereocenters. The van der Waals surface area contributed by atoms with E-state index in [9.17, 15) is 14.4 Å². The van der Waals surface area contributed by atoms with Gasteiger partial charge in [0.2, 0.25) is 5.91 Å². The van der Waals surface area contributed by atoms with Crippen LogP contribution in [0.25, 0.3) is 0 Å². The van der Waals surface area contributed by atoms with E-state index in [0.29, 0.717) is 0 Å². The van der Waals surface area contributed by atoms with E-state index in [4.69, 9.17) is 5.73 Å². The third-order valence-electron chi connectivity index (χ3n) is 1.08. The molecule has 0 aromatic rings. The van der Waals surface area contributed by atoms with Gasteiger partial charge in [-0.1, -0.05) is 0 Å². The zero-order chi connectivity index (χ0) is 10.4. The van der Waals surface area contributed by atoms with Crippen LogP contribution in [0.1, 0.15) is 6.92 Å². The lowest BCUT2D eigenvalue weighted by atomic mass is 10.4. The zero-order valence-corrected chi connectivity index (χ0v) is 7.11. The van der Waals surface area contributed by atoms with Crippen LogP contribution in [0, 0.1) is 0 Å². The van der Waals surface area contributed by atoms with E-state index in [1.807, 2.05) is 5.32 Å². The predicted octanol–water partition coefficient (Wildman–Crippen LogP) is -1.98. The Labute approximate surface area is 75.0 Å². The summed E-state index contributed by atoms with van der Waals surface area (Å²) in [5.41, 5.74) is 9.63. The molecule has 1 aliphatic rings. The molecule has 0 aromatic heterocycles. The van der Waals surface area contributed by atoms with Gasteiger partial charge in [0, 0.05) is 12.2 Å². The number of rotatable bonds is 1. The first-order chi connectivity index (χ1) is 5.93. The van der Waals surface area contributed by atoms with Crippen molar-refractivity contribution in [1.29, 1.82) is 0 Å². The first-order valence-electron chi connectivity index (χ1n) is 3.51. The molecule has 0 bridgehead atoms. The summed E-state index contributed by atoms with van der Waals surface area (Å²) in [6, 6.07) is -0.509. The number of carbonyl (C=O) groups is 3. The van der Waals surface area contributed by atoms with Gasteiger partial charge in [0.1, 0.15) is 0 Å². The van der Waals surface area contributed by atoms with Crippen molar-refractivity contribution in [3.8, 4) is 0 Å². The third kappa shape index (κ3) is 5.57. The van der Waals surface area contributed by atoms with Crippen LogP contribution in [0.2, 0.25) is 0 Å². The number of hydrogen-bond donors (Lipinski definition) is 3. The lowest BCUT2D eigenvalue weighted by Crippen LogP contribution is -2.32. The number of nitrogens with two attached hydrogens (primary N) is 2. The second-order valence-corrected chi connectivity index (χ2v) is 2.38. The van der Waals surface area contributed by atoms with Crippen LogP contribution < -0.4 is 16.8 Å². The molecule has 13 heavy (non-hydrogen) atoms. The van der Waals surface area contributed by atoms with Gasteiger partial charge in [-0.3, -0.25) is 19.7 Å². The van der Waals surface area contributed by atoms with E-state index < -0.39 is 11.9 Å². The molecular weight excluding hydrogens is 174 g/mol. The lowest BCUT2D eigenvalue weighted by Gasteiger charge is -1.91. The Balaban J connectivity index is 0.000000226. The Morgan fingerprint density at radius 3 is 1.77 bits per heavy atom. The Kier molecular flexibility index (Phi) is 4.39. The second-order valence-electron chi connectivity index (χ2n) is 2.38. The van der Waals surface area contributed by atoms with Gasteiger partial charge >= 0.3 is 0 Å². The number of carbonyl (C=O) groups excluding carboxylic acids is 3. The molecule has 0 radical (unpaired) electrons. The van der Waals surface area contributed by atoms with Crippen molar-refractivity contribution in [3.05, 3.63) is 12.2 Å². The van der Waals surface area contributed by atoms with E-state index >= 15 is 0 Å². The van der Waals surface area contributed by atoms with Crippen LogP contribution in [-0.2, 0) is 14.4 Å². The van der Waals surface area contributed by atoms with E-state index in [0.717, 1.165) is 0 Å². The maximum absolute atomic E-state index is 10.0. The van der Waals surface area contributed by atoms with Crippen molar-refractivity contribution in [3.63, 3.8) is 0 Å². The molecule has 0 saturated heterocycles. The fourth-order valence-corrected chi connectivity index (χ4v) is 0.356. The predicted molar refractivity (Wildman–Crippen MR) is 45.1 cm³/mol. The van der Waals surface area contributed by atoms with E-state index in [-0.39, 0.29) is 11.8 Å². The van der Waals surface area contributed by atoms with Crippen LogP contribution in [0.4, 0.5) is 0 Å². The fourth-order valence-electron chi connectivity index (χ4n) is 0.356. The Morgan fingerprint density at radius 1 is 1.38 bits per heavy atom. The highest BCUT2D eigenvalue weighted by molar-refractivity contribution is 6.12. The van der Waals surface area contributed by atoms with E-state index in [1.165, 1.54) is 12.2 Å². The Bertz CT molecular complexity index is 242. The van der Waals surface area contributed by atoms with Gasteiger partial charge in [-0.25, -0.2) is 0 Å². The molecule has 6 heteroatoms. The average Bonchev–Trinajstić information content (AvgIpc) is 2.35. The Morgan fingerprint density at radius 2 is 1.69 bits per heavy atom. The highest BCUT2D eigenvalue weighted by Crippen LogP contribution is 1.82. The third-order valence-corrected chi connectivity index (χ3v) is 1.08. The quantitative estimate of drug-likeness (QED) is 0.410. The molecular formula is C7H11N3O3. The molecule has 5 N–H and O–H groups in total. The van der Waals surface area contributed by atoms with Crippen LogP contribution >= 0.6 is 0 Å². The van der Waals surface area contributed by atoms with Crippen LogP contribution in [0.3, 0.4) is 0 Å². The van der Waals surface area contributed by atoms with Gasteiger partial charge in [0.25, 0.3) is 11.8 Å². The molecule has 1 rings (SSSR count). The molecule has 6 nitrogen and oxygen atoms in total. The topological polar surface area (TPSA) is 115 Å². The summed E-state index contributed by atoms with van der Waals surface area (Å²) >= 11 is 0. The second kappa shape index (κ2) is 5.04. The van der Waals surface area contributed by atoms with Crippen molar-refractivity contribution in [2.75, 3.05) is 0 Å². The smallest absolute Gasteiger partial charge is 0.250 e. The zero-order valence-electron chi connectivity index (χ0n) is 7.11. The standard InChI is InChI=1S/C4H3NO2.C3H8N2O/c6-3-1-2-4(7)5-3;1-2(4)3(5)6/h1-2H,(H,5,6,7);2H,4H2,1H3,(H2,5,6). The van der Waals surface area contributed by atoms with Gasteiger partial charge < -0.3 is 11.5 Å². The summed E-state index contributed by atoms with van der Waals surface area (Å²) in [5, 5.41) is 2.03. The van der Waals surface area contributed by atoms with Crippen molar-refractivity contribution in [2.45, 2.75) is 13.0 Å². The number of primary amides is 1. The van der Waals surface area contributed by atoms with Crippen molar-refractivity contribution >= 4 is 17.7 Å². The maximum Gasteiger partial charge on any atom is 0.250 e. The molecule has 0 spiro atoms. The maximum atomic E-state index is 10.0. The minimum Gasteiger partial charge on any atom is -0.368 e. The van der Waals surface area contributed by atoms with Gasteiger partial charge in [-0.15, -0.1) is 0 Å². The molecule has 3 amide bonds.